The van der Waals surface area contributed by atoms with Crippen LogP contribution in [0.5, 0.6) is 5.75 Å². The maximum Gasteiger partial charge on any atom is 0.326 e. The molecule has 3 aromatic rings. The van der Waals surface area contributed by atoms with Gasteiger partial charge in [0.25, 0.3) is 0 Å². The van der Waals surface area contributed by atoms with Crippen molar-refractivity contribution in [3.05, 3.63) is 63.8 Å². The molecule has 5 nitrogen and oxygen atoms in total. The van der Waals surface area contributed by atoms with Crippen molar-refractivity contribution in [1.82, 2.24) is 4.57 Å². The summed E-state index contributed by atoms with van der Waals surface area (Å²) in [6.45, 7) is 2.33. The van der Waals surface area contributed by atoms with Crippen LogP contribution in [0.25, 0.3) is 10.2 Å². The summed E-state index contributed by atoms with van der Waals surface area (Å²) in [7, 11) is 0. The highest BCUT2D eigenvalue weighted by atomic mass is 32.1. The van der Waals surface area contributed by atoms with E-state index in [9.17, 15) is 9.59 Å². The predicted molar refractivity (Wildman–Crippen MR) is 93.7 cm³/mol. The van der Waals surface area contributed by atoms with Crippen molar-refractivity contribution in [3.63, 3.8) is 0 Å². The molecule has 24 heavy (non-hydrogen) atoms. The number of rotatable bonds is 6. The zero-order valence-electron chi connectivity index (χ0n) is 13.2. The van der Waals surface area contributed by atoms with Gasteiger partial charge in [-0.05, 0) is 31.2 Å². The molecule has 0 aliphatic rings. The van der Waals surface area contributed by atoms with Crippen LogP contribution < -0.4 is 9.61 Å². The number of carbonyl (C=O) groups excluding carboxylic acids is 1. The molecule has 124 valence electrons. The highest BCUT2D eigenvalue weighted by Gasteiger charge is 2.11. The van der Waals surface area contributed by atoms with E-state index in [0.717, 1.165) is 32.9 Å². The van der Waals surface area contributed by atoms with Crippen molar-refractivity contribution < 1.29 is 14.3 Å². The first-order valence-corrected chi connectivity index (χ1v) is 8.38. The van der Waals surface area contributed by atoms with Crippen LogP contribution in [0.4, 0.5) is 0 Å². The number of aromatic nitrogens is 1. The molecule has 0 saturated heterocycles. The molecule has 0 amide bonds. The number of thiazole rings is 1. The average Bonchev–Trinajstić information content (AvgIpc) is 2.89. The van der Waals surface area contributed by atoms with Crippen LogP contribution in [-0.4, -0.2) is 23.8 Å². The molecule has 0 N–H and O–H groups in total. The predicted octanol–water partition coefficient (Wildman–Crippen LogP) is 2.99. The van der Waals surface area contributed by atoms with E-state index in [1.807, 2.05) is 55.5 Å². The topological polar surface area (TPSA) is 57.5 Å². The third-order valence-corrected chi connectivity index (χ3v) is 4.46. The molecule has 0 saturated carbocycles. The van der Waals surface area contributed by atoms with Gasteiger partial charge in [-0.25, -0.2) is 0 Å². The average molecular weight is 343 g/mol. The summed E-state index contributed by atoms with van der Waals surface area (Å²) in [5.41, 5.74) is 1.91. The van der Waals surface area contributed by atoms with Crippen molar-refractivity contribution in [2.75, 3.05) is 13.2 Å². The van der Waals surface area contributed by atoms with E-state index in [4.69, 9.17) is 9.47 Å². The Balaban J connectivity index is 1.51. The molecule has 6 heteroatoms. The lowest BCUT2D eigenvalue weighted by atomic mass is 10.2. The standard InChI is InChI=1S/C18H17NO4S/c1-13-6-8-14(9-7-13)22-10-11-23-17(20)12-19-15-4-2-3-5-16(15)24-18(19)21/h2-9H,10-12H2,1H3. The number of esters is 1. The number of carbonyl (C=O) groups is 1. The third kappa shape index (κ3) is 3.83. The molecule has 0 unspecified atom stereocenters. The molecule has 1 aromatic heterocycles. The molecule has 0 fully saturated rings. The largest absolute Gasteiger partial charge is 0.490 e. The molecule has 0 spiro atoms. The maximum absolute atomic E-state index is 12.0. The SMILES string of the molecule is Cc1ccc(OCCOC(=O)Cn2c(=O)sc3ccccc32)cc1. The van der Waals surface area contributed by atoms with Crippen molar-refractivity contribution >= 4 is 27.5 Å². The summed E-state index contributed by atoms with van der Waals surface area (Å²) < 4.78 is 12.9. The fourth-order valence-electron chi connectivity index (χ4n) is 2.29. The number of nitrogens with zero attached hydrogens (tertiary/aromatic N) is 1. The second-order valence-electron chi connectivity index (χ2n) is 5.30. The second kappa shape index (κ2) is 7.31. The first-order chi connectivity index (χ1) is 11.6. The number of aryl methyl sites for hydroxylation is 1. The van der Waals surface area contributed by atoms with Crippen LogP contribution in [0.15, 0.2) is 53.3 Å². The first-order valence-electron chi connectivity index (χ1n) is 7.57. The lowest BCUT2D eigenvalue weighted by molar-refractivity contribution is -0.145. The van der Waals surface area contributed by atoms with E-state index in [1.54, 1.807) is 0 Å². The fraction of sp³-hybridized carbons (Fsp3) is 0.222. The normalized spacial score (nSPS) is 10.7. The summed E-state index contributed by atoms with van der Waals surface area (Å²) in [6, 6.07) is 15.0. The van der Waals surface area contributed by atoms with Crippen LogP contribution in [0, 0.1) is 6.92 Å². The molecule has 0 aliphatic carbocycles. The molecule has 2 aromatic carbocycles. The number of para-hydroxylation sites is 1. The Bertz CT molecular complexity index is 895. The van der Waals surface area contributed by atoms with Crippen molar-refractivity contribution in [2.45, 2.75) is 13.5 Å². The highest BCUT2D eigenvalue weighted by Crippen LogP contribution is 2.16. The molecular formula is C18H17NO4S. The van der Waals surface area contributed by atoms with Crippen LogP contribution in [-0.2, 0) is 16.1 Å². The van der Waals surface area contributed by atoms with Crippen LogP contribution >= 0.6 is 11.3 Å². The van der Waals surface area contributed by atoms with E-state index in [2.05, 4.69) is 0 Å². The molecule has 0 radical (unpaired) electrons. The van der Waals surface area contributed by atoms with Crippen LogP contribution in [0.3, 0.4) is 0 Å². The smallest absolute Gasteiger partial charge is 0.326 e. The molecular weight excluding hydrogens is 326 g/mol. The number of hydrogen-bond donors (Lipinski definition) is 0. The maximum atomic E-state index is 12.0. The summed E-state index contributed by atoms with van der Waals surface area (Å²) in [6.07, 6.45) is 0. The number of fused-ring (bicyclic) bond motifs is 1. The Morgan fingerprint density at radius 2 is 1.83 bits per heavy atom. The minimum atomic E-state index is -0.451. The number of benzene rings is 2. The Morgan fingerprint density at radius 3 is 2.62 bits per heavy atom. The van der Waals surface area contributed by atoms with Gasteiger partial charge < -0.3 is 9.47 Å². The summed E-state index contributed by atoms with van der Waals surface area (Å²) >= 11 is 1.12. The minimum absolute atomic E-state index is 0.0899. The van der Waals surface area contributed by atoms with Gasteiger partial charge in [-0.3, -0.25) is 14.2 Å². The van der Waals surface area contributed by atoms with E-state index in [1.165, 1.54) is 4.57 Å². The van der Waals surface area contributed by atoms with E-state index < -0.39 is 5.97 Å². The van der Waals surface area contributed by atoms with Gasteiger partial charge in [0.2, 0.25) is 0 Å². The monoisotopic (exact) mass is 343 g/mol. The van der Waals surface area contributed by atoms with Gasteiger partial charge in [-0.15, -0.1) is 0 Å². The zero-order valence-corrected chi connectivity index (χ0v) is 14.0. The fourth-order valence-corrected chi connectivity index (χ4v) is 3.18. The summed E-state index contributed by atoms with van der Waals surface area (Å²) in [4.78, 5) is 23.7. The van der Waals surface area contributed by atoms with Crippen LogP contribution in [0.1, 0.15) is 5.56 Å². The molecule has 1 heterocycles. The van der Waals surface area contributed by atoms with Gasteiger partial charge in [0.15, 0.2) is 0 Å². The Kier molecular flexibility index (Phi) is 4.96. The Morgan fingerprint density at radius 1 is 1.08 bits per heavy atom. The van der Waals surface area contributed by atoms with Gasteiger partial charge in [0.1, 0.15) is 25.5 Å². The van der Waals surface area contributed by atoms with Crippen molar-refractivity contribution in [1.29, 1.82) is 0 Å². The van der Waals surface area contributed by atoms with Gasteiger partial charge in [0.05, 0.1) is 10.2 Å². The minimum Gasteiger partial charge on any atom is -0.490 e. The highest BCUT2D eigenvalue weighted by molar-refractivity contribution is 7.16. The summed E-state index contributed by atoms with van der Waals surface area (Å²) in [5, 5.41) is 0. The molecule has 0 atom stereocenters. The first kappa shape index (κ1) is 16.3. The van der Waals surface area contributed by atoms with Gasteiger partial charge in [0, 0.05) is 0 Å². The van der Waals surface area contributed by atoms with E-state index in [-0.39, 0.29) is 24.6 Å². The van der Waals surface area contributed by atoms with Crippen molar-refractivity contribution in [3.8, 4) is 5.75 Å². The van der Waals surface area contributed by atoms with E-state index >= 15 is 0 Å². The lowest BCUT2D eigenvalue weighted by Crippen LogP contribution is -2.22. The molecule has 3 rings (SSSR count). The summed E-state index contributed by atoms with van der Waals surface area (Å²) in [5.74, 6) is 0.282. The van der Waals surface area contributed by atoms with Gasteiger partial charge in [-0.2, -0.15) is 0 Å². The number of hydrogen-bond acceptors (Lipinski definition) is 5. The molecule has 0 bridgehead atoms. The number of ether oxygens (including phenoxy) is 2. The zero-order chi connectivity index (χ0) is 16.9. The van der Waals surface area contributed by atoms with E-state index in [0.29, 0.717) is 0 Å². The van der Waals surface area contributed by atoms with Gasteiger partial charge >= 0.3 is 10.8 Å². The van der Waals surface area contributed by atoms with Crippen LogP contribution in [0.2, 0.25) is 0 Å². The quantitative estimate of drug-likeness (QED) is 0.510. The molecule has 0 aliphatic heterocycles. The Hall–Kier alpha value is -2.60. The Labute approximate surface area is 143 Å². The van der Waals surface area contributed by atoms with Gasteiger partial charge in [-0.1, -0.05) is 41.2 Å². The lowest BCUT2D eigenvalue weighted by Gasteiger charge is -2.08. The van der Waals surface area contributed by atoms with Crippen molar-refractivity contribution in [2.24, 2.45) is 0 Å². The third-order valence-electron chi connectivity index (χ3n) is 3.50. The second-order valence-corrected chi connectivity index (χ2v) is 6.30.